The van der Waals surface area contributed by atoms with Crippen LogP contribution in [0.2, 0.25) is 0 Å². The Labute approximate surface area is 125 Å². The quantitative estimate of drug-likeness (QED) is 0.643. The molecule has 0 saturated carbocycles. The van der Waals surface area contributed by atoms with Gasteiger partial charge < -0.3 is 14.8 Å². The second-order valence-electron chi connectivity index (χ2n) is 4.37. The lowest BCUT2D eigenvalue weighted by molar-refractivity contribution is -0.386. The fourth-order valence-electron chi connectivity index (χ4n) is 1.89. The molecule has 0 radical (unpaired) electrons. The minimum Gasteiger partial charge on any atom is -0.495 e. The van der Waals surface area contributed by atoms with Gasteiger partial charge in [0.25, 0.3) is 5.91 Å². The molecule has 9 heteroatoms. The molecule has 1 amide bonds. The number of carbonyl (C=O) groups excluding carboxylic acids is 1. The molecule has 0 spiro atoms. The maximum Gasteiger partial charge on any atom is 0.362 e. The van der Waals surface area contributed by atoms with Crippen LogP contribution in [0.1, 0.15) is 16.1 Å². The number of hydrogen-bond donors (Lipinski definition) is 2. The number of ether oxygens (including phenoxy) is 2. The molecule has 2 N–H and O–H groups in total. The Balaban J connectivity index is 2.36. The van der Waals surface area contributed by atoms with E-state index in [2.05, 4.69) is 15.5 Å². The van der Waals surface area contributed by atoms with Crippen LogP contribution in [0.3, 0.4) is 0 Å². The second-order valence-corrected chi connectivity index (χ2v) is 4.37. The highest BCUT2D eigenvalue weighted by molar-refractivity contribution is 6.06. The number of H-pyrrole nitrogens is 1. The van der Waals surface area contributed by atoms with Gasteiger partial charge in [0, 0.05) is 0 Å². The summed E-state index contributed by atoms with van der Waals surface area (Å²) in [5, 5.41) is 19.5. The van der Waals surface area contributed by atoms with E-state index in [0.717, 1.165) is 5.56 Å². The largest absolute Gasteiger partial charge is 0.495 e. The molecular formula is C13H14N4O5. The van der Waals surface area contributed by atoms with Crippen molar-refractivity contribution in [3.05, 3.63) is 39.6 Å². The Morgan fingerprint density at radius 1 is 1.36 bits per heavy atom. The Hall–Kier alpha value is -3.10. The number of carbonyl (C=O) groups is 1. The van der Waals surface area contributed by atoms with Crippen LogP contribution in [0.25, 0.3) is 0 Å². The number of aromatic amines is 1. The van der Waals surface area contributed by atoms with E-state index < -0.39 is 16.5 Å². The van der Waals surface area contributed by atoms with E-state index in [1.54, 1.807) is 12.1 Å². The first kappa shape index (κ1) is 15.3. The predicted molar refractivity (Wildman–Crippen MR) is 77.5 cm³/mol. The van der Waals surface area contributed by atoms with E-state index in [1.807, 2.05) is 13.0 Å². The third kappa shape index (κ3) is 2.82. The number of nitro groups is 1. The topological polar surface area (TPSA) is 119 Å². The fourth-order valence-corrected chi connectivity index (χ4v) is 1.89. The van der Waals surface area contributed by atoms with E-state index in [0.29, 0.717) is 11.4 Å². The van der Waals surface area contributed by atoms with Gasteiger partial charge in [-0.15, -0.1) is 5.10 Å². The molecule has 0 aliphatic heterocycles. The molecule has 0 atom stereocenters. The molecule has 1 aromatic heterocycles. The number of nitrogens with zero attached hydrogens (tertiary/aromatic N) is 2. The van der Waals surface area contributed by atoms with E-state index in [1.165, 1.54) is 14.2 Å². The summed E-state index contributed by atoms with van der Waals surface area (Å²) >= 11 is 0. The zero-order valence-electron chi connectivity index (χ0n) is 12.2. The van der Waals surface area contributed by atoms with Gasteiger partial charge in [0.05, 0.1) is 24.8 Å². The molecular weight excluding hydrogens is 292 g/mol. The molecule has 116 valence electrons. The maximum atomic E-state index is 12.3. The maximum absolute atomic E-state index is 12.3. The minimum absolute atomic E-state index is 0.258. The SMILES string of the molecule is COc1ccc(C)cc1NC(=O)c1[nH]nc(OC)c1[N+](=O)[O-]. The van der Waals surface area contributed by atoms with Gasteiger partial charge >= 0.3 is 11.6 Å². The number of methoxy groups -OCH3 is 2. The van der Waals surface area contributed by atoms with Crippen molar-refractivity contribution in [3.8, 4) is 11.6 Å². The van der Waals surface area contributed by atoms with Gasteiger partial charge in [-0.1, -0.05) is 6.07 Å². The number of aromatic nitrogens is 2. The number of anilines is 1. The van der Waals surface area contributed by atoms with Crippen molar-refractivity contribution in [3.63, 3.8) is 0 Å². The first-order chi connectivity index (χ1) is 10.5. The number of aryl methyl sites for hydroxylation is 1. The van der Waals surface area contributed by atoms with Crippen molar-refractivity contribution < 1.29 is 19.2 Å². The summed E-state index contributed by atoms with van der Waals surface area (Å²) in [4.78, 5) is 22.6. The van der Waals surface area contributed by atoms with Crippen molar-refractivity contribution in [2.75, 3.05) is 19.5 Å². The number of hydrogen-bond acceptors (Lipinski definition) is 6. The predicted octanol–water partition coefficient (Wildman–Crippen LogP) is 1.90. The third-order valence-corrected chi connectivity index (χ3v) is 2.91. The van der Waals surface area contributed by atoms with Gasteiger partial charge in [-0.25, -0.2) is 0 Å². The van der Waals surface area contributed by atoms with Gasteiger partial charge in [-0.2, -0.15) is 0 Å². The zero-order valence-corrected chi connectivity index (χ0v) is 12.2. The lowest BCUT2D eigenvalue weighted by Gasteiger charge is -2.10. The Bertz CT molecular complexity index is 725. The smallest absolute Gasteiger partial charge is 0.362 e. The molecule has 2 aromatic rings. The van der Waals surface area contributed by atoms with E-state index in [-0.39, 0.29) is 11.6 Å². The lowest BCUT2D eigenvalue weighted by atomic mass is 10.2. The van der Waals surface area contributed by atoms with Crippen LogP contribution in [0.15, 0.2) is 18.2 Å². The summed E-state index contributed by atoms with van der Waals surface area (Å²) in [5.74, 6) is -0.536. The highest BCUT2D eigenvalue weighted by atomic mass is 16.6. The Kier molecular flexibility index (Phi) is 4.25. The third-order valence-electron chi connectivity index (χ3n) is 2.91. The first-order valence-corrected chi connectivity index (χ1v) is 6.20. The summed E-state index contributed by atoms with van der Waals surface area (Å²) in [6, 6.07) is 5.19. The normalized spacial score (nSPS) is 10.1. The number of amides is 1. The van der Waals surface area contributed by atoms with Gasteiger partial charge in [-0.3, -0.25) is 20.0 Å². The highest BCUT2D eigenvalue weighted by Gasteiger charge is 2.30. The summed E-state index contributed by atoms with van der Waals surface area (Å²) in [7, 11) is 2.69. The molecule has 9 nitrogen and oxygen atoms in total. The number of benzene rings is 1. The minimum atomic E-state index is -0.731. The first-order valence-electron chi connectivity index (χ1n) is 6.20. The van der Waals surface area contributed by atoms with Crippen molar-refractivity contribution in [2.45, 2.75) is 6.92 Å². The summed E-state index contributed by atoms with van der Waals surface area (Å²) in [6.07, 6.45) is 0. The second kappa shape index (κ2) is 6.12. The van der Waals surface area contributed by atoms with Gasteiger partial charge in [0.2, 0.25) is 5.69 Å². The molecule has 0 unspecified atom stereocenters. The van der Waals surface area contributed by atoms with E-state index >= 15 is 0 Å². The van der Waals surface area contributed by atoms with Gasteiger partial charge in [0.1, 0.15) is 5.75 Å². The van der Waals surface area contributed by atoms with Crippen LogP contribution in [0.5, 0.6) is 11.6 Å². The van der Waals surface area contributed by atoms with Crippen LogP contribution >= 0.6 is 0 Å². The van der Waals surface area contributed by atoms with Crippen LogP contribution in [-0.2, 0) is 0 Å². The molecule has 1 aromatic carbocycles. The van der Waals surface area contributed by atoms with Crippen LogP contribution in [0, 0.1) is 17.0 Å². The molecule has 0 fully saturated rings. The standard InChI is InChI=1S/C13H14N4O5/c1-7-4-5-9(21-2)8(6-7)14-12(18)10-11(17(19)20)13(22-3)16-15-10/h4-6H,1-3H3,(H,14,18)(H,15,16). The van der Waals surface area contributed by atoms with E-state index in [9.17, 15) is 14.9 Å². The van der Waals surface area contributed by atoms with E-state index in [4.69, 9.17) is 9.47 Å². The number of nitrogens with one attached hydrogen (secondary N) is 2. The molecule has 0 aliphatic carbocycles. The summed E-state index contributed by atoms with van der Waals surface area (Å²) < 4.78 is 9.91. The lowest BCUT2D eigenvalue weighted by Crippen LogP contribution is -2.15. The van der Waals surface area contributed by atoms with Gasteiger partial charge in [0.15, 0.2) is 0 Å². The summed E-state index contributed by atoms with van der Waals surface area (Å²) in [5.41, 5.74) is 0.472. The average molecular weight is 306 g/mol. The zero-order chi connectivity index (χ0) is 16.3. The van der Waals surface area contributed by atoms with Crippen LogP contribution in [0.4, 0.5) is 11.4 Å². The molecule has 0 aliphatic rings. The van der Waals surface area contributed by atoms with Crippen molar-refractivity contribution >= 4 is 17.3 Å². The molecule has 2 rings (SSSR count). The highest BCUT2D eigenvalue weighted by Crippen LogP contribution is 2.30. The molecule has 22 heavy (non-hydrogen) atoms. The van der Waals surface area contributed by atoms with Gasteiger partial charge in [-0.05, 0) is 24.6 Å². The average Bonchev–Trinajstić information content (AvgIpc) is 2.91. The summed E-state index contributed by atoms with van der Waals surface area (Å²) in [6.45, 7) is 1.84. The van der Waals surface area contributed by atoms with Crippen molar-refractivity contribution in [2.24, 2.45) is 0 Å². The van der Waals surface area contributed by atoms with Crippen LogP contribution in [-0.4, -0.2) is 35.2 Å². The van der Waals surface area contributed by atoms with Crippen LogP contribution < -0.4 is 14.8 Å². The monoisotopic (exact) mass is 306 g/mol. The molecule has 0 bridgehead atoms. The molecule has 0 saturated heterocycles. The number of rotatable bonds is 5. The van der Waals surface area contributed by atoms with Crippen molar-refractivity contribution in [1.82, 2.24) is 10.2 Å². The fraction of sp³-hybridized carbons (Fsp3) is 0.231. The molecule has 1 heterocycles. The Morgan fingerprint density at radius 3 is 2.68 bits per heavy atom. The van der Waals surface area contributed by atoms with Crippen molar-refractivity contribution in [1.29, 1.82) is 0 Å². The Morgan fingerprint density at radius 2 is 2.09 bits per heavy atom.